The first kappa shape index (κ1) is 44.0. The van der Waals surface area contributed by atoms with Crippen LogP contribution in [0.2, 0.25) is 0 Å². The van der Waals surface area contributed by atoms with Crippen molar-refractivity contribution in [1.82, 2.24) is 0 Å². The molecule has 2 aliphatic carbocycles. The summed E-state index contributed by atoms with van der Waals surface area (Å²) in [5.74, 6) is 0. The van der Waals surface area contributed by atoms with Gasteiger partial charge in [0.25, 0.3) is 0 Å². The van der Waals surface area contributed by atoms with Crippen LogP contribution in [-0.2, 0) is 5.41 Å². The van der Waals surface area contributed by atoms with Crippen molar-refractivity contribution >= 4 is 110 Å². The van der Waals surface area contributed by atoms with Gasteiger partial charge in [0.2, 0.25) is 0 Å². The number of para-hydroxylation sites is 6. The van der Waals surface area contributed by atoms with Crippen LogP contribution in [0.3, 0.4) is 0 Å². The molecule has 0 unspecified atom stereocenters. The van der Waals surface area contributed by atoms with Crippen LogP contribution in [0.15, 0.2) is 264 Å². The van der Waals surface area contributed by atoms with Gasteiger partial charge in [0, 0.05) is 44.3 Å². The van der Waals surface area contributed by atoms with Crippen molar-refractivity contribution in [3.05, 3.63) is 288 Å². The van der Waals surface area contributed by atoms with E-state index in [4.69, 9.17) is 8.83 Å². The SMILES string of the molecule is Cc1cccc2c1oc1c(N(c3ccccc3)c3ccc4cc5c(cc4c3)C3(c4cc6cc(N(c7ccccc7)c7cccc8c7oc7c(C)cccc78)ccc6cc4-5)c4ccccc4-c4c3ccc3ccccc43)cccc12. The van der Waals surface area contributed by atoms with Gasteiger partial charge in [-0.25, -0.2) is 0 Å². The van der Waals surface area contributed by atoms with E-state index in [0.29, 0.717) is 0 Å². The Labute approximate surface area is 456 Å². The smallest absolute Gasteiger partial charge is 0.159 e. The summed E-state index contributed by atoms with van der Waals surface area (Å²) in [7, 11) is 0. The quantitative estimate of drug-likeness (QED) is 0.166. The summed E-state index contributed by atoms with van der Waals surface area (Å²) >= 11 is 0. The molecule has 0 radical (unpaired) electrons. The molecule has 4 nitrogen and oxygen atoms in total. The molecule has 0 saturated heterocycles. The van der Waals surface area contributed by atoms with E-state index < -0.39 is 5.41 Å². The van der Waals surface area contributed by atoms with Crippen LogP contribution in [0.1, 0.15) is 33.4 Å². The number of benzene rings is 13. The molecule has 2 heterocycles. The van der Waals surface area contributed by atoms with Crippen molar-refractivity contribution < 1.29 is 8.83 Å². The molecule has 0 atom stereocenters. The first-order valence-corrected chi connectivity index (χ1v) is 27.3. The van der Waals surface area contributed by atoms with Gasteiger partial charge in [0.15, 0.2) is 11.2 Å². The topological polar surface area (TPSA) is 32.8 Å². The maximum absolute atomic E-state index is 6.86. The number of furan rings is 2. The third-order valence-corrected chi connectivity index (χ3v) is 17.4. The van der Waals surface area contributed by atoms with E-state index in [2.05, 4.69) is 278 Å². The van der Waals surface area contributed by atoms with Crippen LogP contribution in [0.5, 0.6) is 0 Å². The highest BCUT2D eigenvalue weighted by atomic mass is 16.3. The van der Waals surface area contributed by atoms with Gasteiger partial charge in [-0.1, -0.05) is 170 Å². The van der Waals surface area contributed by atoms with E-state index >= 15 is 0 Å². The largest absolute Gasteiger partial charge is 0.454 e. The Hall–Kier alpha value is -10.2. The second kappa shape index (κ2) is 16.4. The summed E-state index contributed by atoms with van der Waals surface area (Å²) in [4.78, 5) is 4.73. The van der Waals surface area contributed by atoms with Crippen molar-refractivity contribution in [2.75, 3.05) is 9.80 Å². The number of hydrogen-bond acceptors (Lipinski definition) is 4. The Balaban J connectivity index is 0.909. The van der Waals surface area contributed by atoms with Crippen LogP contribution < -0.4 is 9.80 Å². The van der Waals surface area contributed by atoms with E-state index in [1.54, 1.807) is 0 Å². The van der Waals surface area contributed by atoms with E-state index in [-0.39, 0.29) is 0 Å². The van der Waals surface area contributed by atoms with Gasteiger partial charge < -0.3 is 18.6 Å². The van der Waals surface area contributed by atoms with Crippen molar-refractivity contribution in [2.45, 2.75) is 19.3 Å². The number of rotatable bonds is 6. The van der Waals surface area contributed by atoms with Crippen LogP contribution in [0.4, 0.5) is 34.1 Å². The first-order valence-electron chi connectivity index (χ1n) is 27.3. The molecule has 0 N–H and O–H groups in total. The summed E-state index contributed by atoms with van der Waals surface area (Å²) in [6, 6.07) is 94.1. The second-order valence-corrected chi connectivity index (χ2v) is 21.6. The van der Waals surface area contributed by atoms with Gasteiger partial charge in [-0.05, 0) is 187 Å². The molecule has 0 amide bonds. The van der Waals surface area contributed by atoms with Gasteiger partial charge in [0.1, 0.15) is 11.2 Å². The highest BCUT2D eigenvalue weighted by Crippen LogP contribution is 2.65. The summed E-state index contributed by atoms with van der Waals surface area (Å²) < 4.78 is 13.7. The summed E-state index contributed by atoms with van der Waals surface area (Å²) in [6.07, 6.45) is 0. The van der Waals surface area contributed by atoms with E-state index in [0.717, 1.165) is 89.1 Å². The van der Waals surface area contributed by atoms with Crippen molar-refractivity contribution in [3.8, 4) is 22.3 Å². The molecule has 0 saturated carbocycles. The van der Waals surface area contributed by atoms with Gasteiger partial charge in [0.05, 0.1) is 16.8 Å². The Kier molecular flexibility index (Phi) is 9.15. The van der Waals surface area contributed by atoms with Gasteiger partial charge in [-0.3, -0.25) is 0 Å². The summed E-state index contributed by atoms with van der Waals surface area (Å²) in [5, 5.41) is 11.7. The minimum absolute atomic E-state index is 0.622. The molecule has 0 fully saturated rings. The third-order valence-electron chi connectivity index (χ3n) is 17.4. The van der Waals surface area contributed by atoms with Crippen molar-refractivity contribution in [2.24, 2.45) is 0 Å². The lowest BCUT2D eigenvalue weighted by Gasteiger charge is -2.31. The molecule has 2 aromatic heterocycles. The average Bonchev–Trinajstić information content (AvgIpc) is 4.43. The molecular formula is C75H48N2O2. The molecule has 0 aliphatic heterocycles. The minimum Gasteiger partial charge on any atom is -0.454 e. The highest BCUT2D eigenvalue weighted by molar-refractivity contribution is 6.14. The van der Waals surface area contributed by atoms with Crippen molar-refractivity contribution in [1.29, 1.82) is 0 Å². The summed E-state index contributed by atoms with van der Waals surface area (Å²) in [5.41, 5.74) is 21.8. The fourth-order valence-corrected chi connectivity index (χ4v) is 13.9. The Bertz CT molecular complexity index is 4810. The Morgan fingerprint density at radius 2 is 0.734 bits per heavy atom. The lowest BCUT2D eigenvalue weighted by molar-refractivity contribution is 0.665. The number of nitrogens with zero attached hydrogens (tertiary/aromatic N) is 2. The summed E-state index contributed by atoms with van der Waals surface area (Å²) in [6.45, 7) is 4.25. The zero-order chi connectivity index (χ0) is 52.1. The predicted octanol–water partition coefficient (Wildman–Crippen LogP) is 20.8. The van der Waals surface area contributed by atoms with Gasteiger partial charge in [-0.2, -0.15) is 0 Å². The molecule has 17 rings (SSSR count). The predicted molar refractivity (Wildman–Crippen MR) is 329 cm³/mol. The van der Waals surface area contributed by atoms with Crippen LogP contribution in [-0.4, -0.2) is 0 Å². The molecule has 1 spiro atoms. The first-order chi connectivity index (χ1) is 39.0. The molecule has 0 bridgehead atoms. The van der Waals surface area contributed by atoms with Gasteiger partial charge >= 0.3 is 0 Å². The number of hydrogen-bond donors (Lipinski definition) is 0. The highest BCUT2D eigenvalue weighted by Gasteiger charge is 2.52. The zero-order valence-corrected chi connectivity index (χ0v) is 43.5. The monoisotopic (exact) mass is 1010 g/mol. The maximum Gasteiger partial charge on any atom is 0.159 e. The molecule has 15 aromatic rings. The van der Waals surface area contributed by atoms with Gasteiger partial charge in [-0.15, -0.1) is 0 Å². The number of aryl methyl sites for hydroxylation is 2. The van der Waals surface area contributed by atoms with Crippen LogP contribution in [0.25, 0.3) is 98.4 Å². The minimum atomic E-state index is -0.622. The molecule has 79 heavy (non-hydrogen) atoms. The van der Waals surface area contributed by atoms with Crippen LogP contribution >= 0.6 is 0 Å². The molecule has 13 aromatic carbocycles. The van der Waals surface area contributed by atoms with Crippen molar-refractivity contribution in [3.63, 3.8) is 0 Å². The molecule has 370 valence electrons. The number of anilines is 6. The molecular weight excluding hydrogens is 961 g/mol. The maximum atomic E-state index is 6.86. The van der Waals surface area contributed by atoms with Crippen LogP contribution in [0, 0.1) is 13.8 Å². The normalized spacial score (nSPS) is 13.0. The lowest BCUT2D eigenvalue weighted by atomic mass is 9.70. The molecule has 4 heteroatoms. The second-order valence-electron chi connectivity index (χ2n) is 21.6. The number of fused-ring (bicyclic) bond motifs is 20. The fraction of sp³-hybridized carbons (Fsp3) is 0.0400. The standard InChI is InChI=1S/C75H48N2O2/c1-45-17-13-26-57-59-28-15-31-68(73(59)78-71(45)57)76(52-20-5-3-6-21-52)54-36-33-48-41-62-63-42-49-34-37-55(77(53-22-7-4-8-23-53)69-32-16-29-60-58-27-14-18-46(2)72(58)79-74(60)69)40-51(49)44-67(63)75(66(62)43-50(48)39-54)64-30-12-11-25-61(64)70-56-24-10-9-19-47(56)35-38-65(70)75/h3-44H,1-2H3. The third kappa shape index (κ3) is 6.14. The van der Waals surface area contributed by atoms with E-state index in [1.807, 2.05) is 0 Å². The zero-order valence-electron chi connectivity index (χ0n) is 43.5. The average molecular weight is 1010 g/mol. The fourth-order valence-electron chi connectivity index (χ4n) is 13.9. The van der Waals surface area contributed by atoms with E-state index in [9.17, 15) is 0 Å². The molecule has 2 aliphatic rings. The van der Waals surface area contributed by atoms with E-state index in [1.165, 1.54) is 76.8 Å². The lowest BCUT2D eigenvalue weighted by Crippen LogP contribution is -2.26. The Morgan fingerprint density at radius 1 is 0.278 bits per heavy atom. The Morgan fingerprint density at radius 3 is 1.29 bits per heavy atom.